The summed E-state index contributed by atoms with van der Waals surface area (Å²) in [6.07, 6.45) is 1.72. The van der Waals surface area contributed by atoms with Crippen LogP contribution in [-0.2, 0) is 4.74 Å². The lowest BCUT2D eigenvalue weighted by Crippen LogP contribution is -2.16. The number of aromatic nitrogens is 1. The first-order valence-corrected chi connectivity index (χ1v) is 8.64. The Morgan fingerprint density at radius 1 is 1.16 bits per heavy atom. The van der Waals surface area contributed by atoms with Gasteiger partial charge in [0.1, 0.15) is 5.01 Å². The van der Waals surface area contributed by atoms with E-state index in [9.17, 15) is 9.59 Å². The van der Waals surface area contributed by atoms with Crippen LogP contribution >= 0.6 is 11.3 Å². The molecule has 0 saturated carbocycles. The van der Waals surface area contributed by atoms with E-state index in [4.69, 9.17) is 4.74 Å². The van der Waals surface area contributed by atoms with Crippen LogP contribution in [0, 0.1) is 0 Å². The first-order valence-electron chi connectivity index (χ1n) is 7.76. The summed E-state index contributed by atoms with van der Waals surface area (Å²) in [5.41, 5.74) is 2.12. The molecule has 0 atom stereocenters. The molecule has 3 rings (SSSR count). The molecule has 6 heteroatoms. The van der Waals surface area contributed by atoms with Crippen LogP contribution < -0.4 is 5.32 Å². The van der Waals surface area contributed by atoms with Gasteiger partial charge in [0.25, 0.3) is 5.91 Å². The Bertz CT molecular complexity index is 891. The number of carbonyl (C=O) groups excluding carboxylic acids is 2. The summed E-state index contributed by atoms with van der Waals surface area (Å²) in [6.45, 7) is 2.01. The van der Waals surface area contributed by atoms with Gasteiger partial charge in [-0.1, -0.05) is 24.3 Å². The lowest BCUT2D eigenvalue weighted by atomic mass is 10.1. The Kier molecular flexibility index (Phi) is 5.20. The highest BCUT2D eigenvalue weighted by atomic mass is 32.1. The van der Waals surface area contributed by atoms with Crippen LogP contribution in [0.1, 0.15) is 27.6 Å². The number of anilines is 1. The van der Waals surface area contributed by atoms with Gasteiger partial charge in [0.2, 0.25) is 0 Å². The number of ether oxygens (including phenoxy) is 1. The van der Waals surface area contributed by atoms with Crippen LogP contribution in [-0.4, -0.2) is 23.5 Å². The molecule has 1 aromatic heterocycles. The maximum atomic E-state index is 12.6. The molecule has 2 aromatic carbocycles. The summed E-state index contributed by atoms with van der Waals surface area (Å²) < 4.78 is 5.03. The molecule has 0 radical (unpaired) electrons. The number of hydrogen-bond donors (Lipinski definition) is 1. The summed E-state index contributed by atoms with van der Waals surface area (Å²) in [4.78, 5) is 28.9. The van der Waals surface area contributed by atoms with E-state index in [1.807, 2.05) is 17.5 Å². The van der Waals surface area contributed by atoms with Gasteiger partial charge in [-0.2, -0.15) is 0 Å². The van der Waals surface area contributed by atoms with Crippen LogP contribution in [0.25, 0.3) is 10.6 Å². The highest BCUT2D eigenvalue weighted by Crippen LogP contribution is 2.23. The predicted octanol–water partition coefficient (Wildman–Crippen LogP) is 4.24. The number of para-hydroxylation sites is 1. The third-order valence-electron chi connectivity index (χ3n) is 3.47. The van der Waals surface area contributed by atoms with Crippen molar-refractivity contribution in [1.29, 1.82) is 0 Å². The molecule has 5 nitrogen and oxygen atoms in total. The fraction of sp³-hybridized carbons (Fsp3) is 0.105. The maximum Gasteiger partial charge on any atom is 0.340 e. The summed E-state index contributed by atoms with van der Waals surface area (Å²) in [5, 5.41) is 5.52. The second-order valence-electron chi connectivity index (χ2n) is 5.14. The highest BCUT2D eigenvalue weighted by Gasteiger charge is 2.15. The summed E-state index contributed by atoms with van der Waals surface area (Å²) >= 11 is 1.51. The van der Waals surface area contributed by atoms with Crippen molar-refractivity contribution in [2.24, 2.45) is 0 Å². The number of thiazole rings is 1. The van der Waals surface area contributed by atoms with E-state index in [0.29, 0.717) is 16.8 Å². The normalized spacial score (nSPS) is 10.3. The molecule has 1 amide bonds. The van der Waals surface area contributed by atoms with Gasteiger partial charge < -0.3 is 10.1 Å². The minimum absolute atomic E-state index is 0.275. The van der Waals surface area contributed by atoms with E-state index in [1.165, 1.54) is 11.3 Å². The number of hydrogen-bond acceptors (Lipinski definition) is 5. The van der Waals surface area contributed by atoms with Crippen LogP contribution in [0.4, 0.5) is 5.69 Å². The molecule has 0 saturated heterocycles. The molecule has 3 aromatic rings. The average molecular weight is 352 g/mol. The summed E-state index contributed by atoms with van der Waals surface area (Å²) in [6, 6.07) is 14.0. The molecule has 0 spiro atoms. The molecule has 0 aliphatic heterocycles. The number of amides is 1. The Hall–Kier alpha value is -2.99. The third kappa shape index (κ3) is 3.92. The zero-order chi connectivity index (χ0) is 17.6. The van der Waals surface area contributed by atoms with Gasteiger partial charge in [-0.05, 0) is 31.2 Å². The van der Waals surface area contributed by atoms with Crippen molar-refractivity contribution in [2.75, 3.05) is 11.9 Å². The lowest BCUT2D eigenvalue weighted by molar-refractivity contribution is 0.0527. The van der Waals surface area contributed by atoms with Crippen LogP contribution in [0.15, 0.2) is 60.1 Å². The van der Waals surface area contributed by atoms with E-state index in [1.54, 1.807) is 49.5 Å². The molecule has 1 heterocycles. The summed E-state index contributed by atoms with van der Waals surface area (Å²) in [5.74, 6) is -0.759. The van der Waals surface area contributed by atoms with Gasteiger partial charge in [-0.25, -0.2) is 9.78 Å². The number of rotatable bonds is 5. The van der Waals surface area contributed by atoms with E-state index in [2.05, 4.69) is 10.3 Å². The molecule has 25 heavy (non-hydrogen) atoms. The van der Waals surface area contributed by atoms with Crippen molar-refractivity contribution in [3.05, 3.63) is 71.2 Å². The fourth-order valence-corrected chi connectivity index (χ4v) is 2.97. The number of benzene rings is 2. The molecule has 1 N–H and O–H groups in total. The Morgan fingerprint density at radius 3 is 2.76 bits per heavy atom. The average Bonchev–Trinajstić information content (AvgIpc) is 3.17. The van der Waals surface area contributed by atoms with E-state index >= 15 is 0 Å². The minimum atomic E-state index is -0.463. The highest BCUT2D eigenvalue weighted by molar-refractivity contribution is 7.13. The van der Waals surface area contributed by atoms with Crippen molar-refractivity contribution >= 4 is 28.9 Å². The minimum Gasteiger partial charge on any atom is -0.462 e. The zero-order valence-corrected chi connectivity index (χ0v) is 14.4. The molecular formula is C19H16N2O3S. The number of carbonyl (C=O) groups is 2. The molecule has 0 aliphatic carbocycles. The monoisotopic (exact) mass is 352 g/mol. The summed E-state index contributed by atoms with van der Waals surface area (Å²) in [7, 11) is 0. The van der Waals surface area contributed by atoms with Crippen molar-refractivity contribution in [3.63, 3.8) is 0 Å². The van der Waals surface area contributed by atoms with Gasteiger partial charge in [0, 0.05) is 22.7 Å². The van der Waals surface area contributed by atoms with Gasteiger partial charge >= 0.3 is 5.97 Å². The molecule has 0 aliphatic rings. The second-order valence-corrected chi connectivity index (χ2v) is 6.03. The van der Waals surface area contributed by atoms with Crippen molar-refractivity contribution in [3.8, 4) is 10.6 Å². The second kappa shape index (κ2) is 7.72. The van der Waals surface area contributed by atoms with Gasteiger partial charge in [0.15, 0.2) is 0 Å². The number of nitrogens with zero attached hydrogens (tertiary/aromatic N) is 1. The van der Waals surface area contributed by atoms with Gasteiger partial charge in [-0.3, -0.25) is 4.79 Å². The molecule has 0 bridgehead atoms. The van der Waals surface area contributed by atoms with Crippen molar-refractivity contribution in [2.45, 2.75) is 6.92 Å². The van der Waals surface area contributed by atoms with E-state index in [0.717, 1.165) is 10.6 Å². The Morgan fingerprint density at radius 2 is 2.00 bits per heavy atom. The smallest absolute Gasteiger partial charge is 0.340 e. The fourth-order valence-electron chi connectivity index (χ4n) is 2.33. The van der Waals surface area contributed by atoms with Crippen molar-refractivity contribution < 1.29 is 14.3 Å². The molecule has 126 valence electrons. The quantitative estimate of drug-likeness (QED) is 0.698. The van der Waals surface area contributed by atoms with Crippen LogP contribution in [0.2, 0.25) is 0 Å². The van der Waals surface area contributed by atoms with E-state index < -0.39 is 5.97 Å². The van der Waals surface area contributed by atoms with Crippen LogP contribution in [0.5, 0.6) is 0 Å². The Labute approximate surface area is 149 Å². The topological polar surface area (TPSA) is 68.3 Å². The largest absolute Gasteiger partial charge is 0.462 e. The molecule has 0 fully saturated rings. The van der Waals surface area contributed by atoms with Gasteiger partial charge in [0.05, 0.1) is 17.9 Å². The first-order chi connectivity index (χ1) is 12.2. The Balaban J connectivity index is 1.84. The third-order valence-corrected chi connectivity index (χ3v) is 4.30. The zero-order valence-electron chi connectivity index (χ0n) is 13.6. The van der Waals surface area contributed by atoms with Crippen molar-refractivity contribution in [1.82, 2.24) is 4.98 Å². The van der Waals surface area contributed by atoms with Crippen LogP contribution in [0.3, 0.4) is 0 Å². The SMILES string of the molecule is CCOC(=O)c1ccccc1NC(=O)c1cccc(-c2nccs2)c1. The molecule has 0 unspecified atom stereocenters. The standard InChI is InChI=1S/C19H16N2O3S/c1-2-24-19(23)15-8-3-4-9-16(15)21-17(22)13-6-5-7-14(12-13)18-20-10-11-25-18/h3-12H,2H2,1H3,(H,21,22). The maximum absolute atomic E-state index is 12.6. The number of esters is 1. The van der Waals surface area contributed by atoms with Gasteiger partial charge in [-0.15, -0.1) is 11.3 Å². The predicted molar refractivity (Wildman–Crippen MR) is 97.9 cm³/mol. The van der Waals surface area contributed by atoms with E-state index in [-0.39, 0.29) is 12.5 Å². The number of nitrogens with one attached hydrogen (secondary N) is 1. The lowest BCUT2D eigenvalue weighted by Gasteiger charge is -2.10. The first kappa shape index (κ1) is 16.9. The molecular weight excluding hydrogens is 336 g/mol.